The largest absolute Gasteiger partial charge is 0.458 e. The maximum Gasteiger partial charge on any atom is 0.256 e. The molecule has 4 aromatic rings. The summed E-state index contributed by atoms with van der Waals surface area (Å²) >= 11 is 0. The number of anilines is 3. The van der Waals surface area contributed by atoms with Crippen LogP contribution in [0.3, 0.4) is 0 Å². The van der Waals surface area contributed by atoms with Crippen LogP contribution in [0.5, 0.6) is 11.5 Å². The number of ether oxygens (including phenoxy) is 1. The summed E-state index contributed by atoms with van der Waals surface area (Å²) in [5.41, 5.74) is -1.90. The molecule has 0 saturated heterocycles. The van der Waals surface area contributed by atoms with Crippen LogP contribution in [-0.4, -0.2) is 6.71 Å². The van der Waals surface area contributed by atoms with Gasteiger partial charge in [-0.1, -0.05) is 83.8 Å². The van der Waals surface area contributed by atoms with Crippen molar-refractivity contribution in [3.8, 4) is 11.5 Å². The fraction of sp³-hybridized carbons (Fsp3) is 0.400. The van der Waals surface area contributed by atoms with Gasteiger partial charge in [-0.05, 0) is 130 Å². The van der Waals surface area contributed by atoms with Crippen LogP contribution in [-0.2, 0) is 16.2 Å². The maximum absolute atomic E-state index is 9.87. The van der Waals surface area contributed by atoms with E-state index in [1.165, 1.54) is 4.90 Å². The van der Waals surface area contributed by atoms with Gasteiger partial charge in [0.2, 0.25) is 0 Å². The van der Waals surface area contributed by atoms with Crippen molar-refractivity contribution in [2.45, 2.75) is 96.3 Å². The Bertz CT molecular complexity index is 2400. The molecule has 218 valence electrons. The zero-order valence-corrected chi connectivity index (χ0v) is 25.8. The molecule has 0 N–H and O–H groups in total. The normalized spacial score (nSPS) is 26.3. The highest BCUT2D eigenvalue weighted by Gasteiger charge is 2.44. The maximum atomic E-state index is 9.87. The zero-order chi connectivity index (χ0) is 41.0. The van der Waals surface area contributed by atoms with Gasteiger partial charge in [0, 0.05) is 17.1 Å². The van der Waals surface area contributed by atoms with Crippen LogP contribution in [0.4, 0.5) is 17.1 Å². The quantitative estimate of drug-likeness (QED) is 0.190. The number of hydrogen-bond donors (Lipinski definition) is 0. The molecule has 3 aliphatic carbocycles. The van der Waals surface area contributed by atoms with Crippen LogP contribution >= 0.6 is 0 Å². The van der Waals surface area contributed by atoms with Gasteiger partial charge >= 0.3 is 0 Å². The summed E-state index contributed by atoms with van der Waals surface area (Å²) in [7, 11) is 0. The Morgan fingerprint density at radius 1 is 0.721 bits per heavy atom. The van der Waals surface area contributed by atoms with E-state index in [-0.39, 0.29) is 98.4 Å². The first-order valence-electron chi connectivity index (χ1n) is 22.0. The molecule has 0 amide bonds. The fourth-order valence-electron chi connectivity index (χ4n) is 7.33. The van der Waals surface area contributed by atoms with Crippen molar-refractivity contribution in [1.29, 1.82) is 0 Å². The molecule has 4 aromatic carbocycles. The number of rotatable bonds is 2. The number of benzene rings is 4. The topological polar surface area (TPSA) is 12.5 Å². The smallest absolute Gasteiger partial charge is 0.256 e. The van der Waals surface area contributed by atoms with E-state index < -0.39 is 59.2 Å². The lowest BCUT2D eigenvalue weighted by molar-refractivity contribution is 0.136. The summed E-state index contributed by atoms with van der Waals surface area (Å²) in [6.45, 7) is 9.59. The van der Waals surface area contributed by atoms with Crippen LogP contribution in [0.1, 0.15) is 115 Å². The monoisotopic (exact) mass is 578 g/mol. The standard InChI is InChI=1S/C40H44BNO/c1-38(2,3)28-12-16-33-31(24-28)41-32-25-29(39(4,5)6)13-17-35(32)43-36-9-7-8-34(37(36)41)42(33)30-14-10-27(11-15-30)40-21-18-26(19-22-40)20-23-40/h7-17,24-26H,18-23H2,1-6H3/i7D,8D,9D,10D,11D,12D,13D,14D,15D,16D,17D,24D,25D. The molecule has 9 rings (SSSR count). The lowest BCUT2D eigenvalue weighted by Crippen LogP contribution is -2.59. The lowest BCUT2D eigenvalue weighted by atomic mass is 9.34. The Morgan fingerprint density at radius 3 is 2.00 bits per heavy atom. The van der Waals surface area contributed by atoms with Gasteiger partial charge in [0.05, 0.1) is 17.8 Å². The zero-order valence-electron chi connectivity index (χ0n) is 38.8. The van der Waals surface area contributed by atoms with Gasteiger partial charge in [-0.25, -0.2) is 0 Å². The summed E-state index contributed by atoms with van der Waals surface area (Å²) < 4.78 is 129. The van der Waals surface area contributed by atoms with E-state index in [0.29, 0.717) is 11.5 Å². The van der Waals surface area contributed by atoms with Gasteiger partial charge in [0.25, 0.3) is 6.71 Å². The highest BCUT2D eigenvalue weighted by molar-refractivity contribution is 6.99. The Morgan fingerprint density at radius 2 is 1.35 bits per heavy atom. The average molecular weight is 579 g/mol. The van der Waals surface area contributed by atoms with Crippen LogP contribution in [0.25, 0.3) is 0 Å². The van der Waals surface area contributed by atoms with E-state index in [9.17, 15) is 12.3 Å². The van der Waals surface area contributed by atoms with Crippen molar-refractivity contribution >= 4 is 40.2 Å². The third-order valence-electron chi connectivity index (χ3n) is 9.96. The number of nitrogens with zero attached hydrogens (tertiary/aromatic N) is 1. The van der Waals surface area contributed by atoms with Crippen LogP contribution in [0.2, 0.25) is 0 Å². The molecule has 3 fully saturated rings. The van der Waals surface area contributed by atoms with Gasteiger partial charge in [-0.15, -0.1) is 0 Å². The van der Waals surface area contributed by atoms with Gasteiger partial charge in [-0.2, -0.15) is 0 Å². The molecular formula is C40H44BNO. The molecular weight excluding hydrogens is 521 g/mol. The number of hydrogen-bond acceptors (Lipinski definition) is 2. The summed E-state index contributed by atoms with van der Waals surface area (Å²) in [5, 5.41) is 0. The van der Waals surface area contributed by atoms with Crippen molar-refractivity contribution in [3.05, 3.63) is 95.2 Å². The van der Waals surface area contributed by atoms with Gasteiger partial charge < -0.3 is 9.64 Å². The minimum absolute atomic E-state index is 0.0529. The van der Waals surface area contributed by atoms with Crippen molar-refractivity contribution in [2.24, 2.45) is 5.92 Å². The van der Waals surface area contributed by atoms with E-state index >= 15 is 0 Å². The van der Waals surface area contributed by atoms with Gasteiger partial charge in [-0.3, -0.25) is 0 Å². The molecule has 0 spiro atoms. The first-order chi connectivity index (χ1) is 26.0. The van der Waals surface area contributed by atoms with E-state index in [4.69, 9.17) is 10.2 Å². The molecule has 0 aromatic heterocycles. The minimum atomic E-state index is -1.26. The lowest BCUT2D eigenvalue weighted by Gasteiger charge is -2.47. The third-order valence-corrected chi connectivity index (χ3v) is 9.96. The van der Waals surface area contributed by atoms with Crippen molar-refractivity contribution < 1.29 is 22.6 Å². The molecule has 3 saturated carbocycles. The molecule has 43 heavy (non-hydrogen) atoms. The Balaban J connectivity index is 1.57. The fourth-order valence-corrected chi connectivity index (χ4v) is 7.33. The molecule has 5 aliphatic rings. The predicted octanol–water partition coefficient (Wildman–Crippen LogP) is 8.91. The summed E-state index contributed by atoms with van der Waals surface area (Å²) in [6.07, 6.45) is 5.07. The second-order valence-corrected chi connectivity index (χ2v) is 14.8. The highest BCUT2D eigenvalue weighted by Crippen LogP contribution is 2.52. The van der Waals surface area contributed by atoms with Crippen LogP contribution in [0, 0.1) is 5.92 Å². The Labute approximate surface area is 276 Å². The minimum Gasteiger partial charge on any atom is -0.458 e. The Hall–Kier alpha value is -3.46. The van der Waals surface area contributed by atoms with Crippen molar-refractivity contribution in [1.82, 2.24) is 0 Å². The van der Waals surface area contributed by atoms with E-state index in [2.05, 4.69) is 0 Å². The average Bonchev–Trinajstić information content (AvgIpc) is 3.12. The van der Waals surface area contributed by atoms with Gasteiger partial charge in [0.1, 0.15) is 11.5 Å². The van der Waals surface area contributed by atoms with Crippen LogP contribution in [0.15, 0.2) is 78.6 Å². The third kappa shape index (κ3) is 4.21. The molecule has 2 aliphatic heterocycles. The van der Waals surface area contributed by atoms with Gasteiger partial charge in [0.15, 0.2) is 0 Å². The van der Waals surface area contributed by atoms with Crippen molar-refractivity contribution in [2.75, 3.05) is 4.90 Å². The Kier molecular flexibility index (Phi) is 3.57. The molecule has 0 unspecified atom stereocenters. The molecule has 2 bridgehead atoms. The number of fused-ring (bicyclic) bond motifs is 7. The SMILES string of the molecule is [2H]c1c([2H])c2c3c(c1[2H])N(c1c([2H])c([2H])c(C45CCC(CC4)CC5)c([2H])c1[2H])c1c([2H])c([2H])c(C(C)(C)C)c([2H])c1B3c1c([2H])c(C(C)(C)C)c([2H])c([2H])c1O2. The molecule has 0 radical (unpaired) electrons. The molecule has 2 nitrogen and oxygen atoms in total. The molecule has 0 atom stereocenters. The van der Waals surface area contributed by atoms with E-state index in [0.717, 1.165) is 38.5 Å². The second-order valence-electron chi connectivity index (χ2n) is 14.8. The van der Waals surface area contributed by atoms with E-state index in [1.807, 2.05) is 20.8 Å². The summed E-state index contributed by atoms with van der Waals surface area (Å²) in [6, 6.07) is -4.70. The van der Waals surface area contributed by atoms with Crippen molar-refractivity contribution in [3.63, 3.8) is 0 Å². The molecule has 3 heteroatoms. The summed E-state index contributed by atoms with van der Waals surface area (Å²) in [5.74, 6) is 0.119. The summed E-state index contributed by atoms with van der Waals surface area (Å²) in [4.78, 5) is 1.21. The predicted molar refractivity (Wildman–Crippen MR) is 183 cm³/mol. The first-order valence-corrected chi connectivity index (χ1v) is 15.5. The molecule has 2 heterocycles. The first kappa shape index (κ1) is 16.6. The van der Waals surface area contributed by atoms with E-state index in [1.54, 1.807) is 20.8 Å². The van der Waals surface area contributed by atoms with Crippen LogP contribution < -0.4 is 26.0 Å². The second kappa shape index (κ2) is 9.27. The highest BCUT2D eigenvalue weighted by atomic mass is 16.5.